The second-order valence-corrected chi connectivity index (χ2v) is 3.54. The normalized spacial score (nSPS) is 9.46. The van der Waals surface area contributed by atoms with E-state index in [1.807, 2.05) is 36.4 Å². The van der Waals surface area contributed by atoms with E-state index in [9.17, 15) is 0 Å². The highest BCUT2D eigenvalue weighted by Crippen LogP contribution is 2.24. The summed E-state index contributed by atoms with van der Waals surface area (Å²) in [6.07, 6.45) is 1.73. The summed E-state index contributed by atoms with van der Waals surface area (Å²) in [5, 5.41) is 9.11. The summed E-state index contributed by atoms with van der Waals surface area (Å²) in [7, 11) is 0. The number of thiazole rings is 1. The number of hydrogen-bond acceptors (Lipinski definition) is 3. The lowest BCUT2D eigenvalue weighted by atomic mass is 10.2. The average Bonchev–Trinajstić information content (AvgIpc) is 2.67. The lowest BCUT2D eigenvalue weighted by molar-refractivity contribution is 1.35. The van der Waals surface area contributed by atoms with Gasteiger partial charge in [0.1, 0.15) is 6.07 Å². The Morgan fingerprint density at radius 1 is 1.23 bits per heavy atom. The molecule has 0 N–H and O–H groups in total. The molecular weight excluding hydrogens is 180 g/mol. The van der Waals surface area contributed by atoms with Gasteiger partial charge in [-0.3, -0.25) is 0 Å². The maximum atomic E-state index is 8.60. The zero-order valence-electron chi connectivity index (χ0n) is 6.77. The van der Waals surface area contributed by atoms with Gasteiger partial charge in [0.15, 0.2) is 5.01 Å². The molecule has 1 aromatic heterocycles. The molecule has 0 amide bonds. The number of benzene rings is 1. The number of rotatable bonds is 1. The van der Waals surface area contributed by atoms with E-state index in [2.05, 4.69) is 4.98 Å². The molecule has 2 rings (SSSR count). The monoisotopic (exact) mass is 186 g/mol. The largest absolute Gasteiger partial charge is 0.234 e. The summed E-state index contributed by atoms with van der Waals surface area (Å²) in [6.45, 7) is 0. The van der Waals surface area contributed by atoms with Crippen molar-refractivity contribution in [1.29, 1.82) is 5.26 Å². The zero-order chi connectivity index (χ0) is 9.10. The van der Waals surface area contributed by atoms with Crippen LogP contribution in [0.4, 0.5) is 0 Å². The molecule has 0 saturated carbocycles. The fraction of sp³-hybridized carbons (Fsp3) is 0. The van der Waals surface area contributed by atoms with Crippen molar-refractivity contribution in [2.24, 2.45) is 0 Å². The summed E-state index contributed by atoms with van der Waals surface area (Å²) >= 11 is 1.41. The molecule has 0 fully saturated rings. The van der Waals surface area contributed by atoms with Crippen LogP contribution in [0.25, 0.3) is 10.4 Å². The number of nitrogens with zero attached hydrogens (tertiary/aromatic N) is 2. The van der Waals surface area contributed by atoms with E-state index in [0.717, 1.165) is 10.4 Å². The third kappa shape index (κ3) is 1.58. The minimum atomic E-state index is 0.513. The third-order valence-corrected chi connectivity index (χ3v) is 2.61. The van der Waals surface area contributed by atoms with Gasteiger partial charge in [-0.15, -0.1) is 11.3 Å². The van der Waals surface area contributed by atoms with Crippen LogP contribution in [0.15, 0.2) is 36.5 Å². The Morgan fingerprint density at radius 3 is 2.62 bits per heavy atom. The van der Waals surface area contributed by atoms with Crippen LogP contribution in [0.5, 0.6) is 0 Å². The number of nitriles is 1. The second kappa shape index (κ2) is 3.38. The van der Waals surface area contributed by atoms with E-state index in [4.69, 9.17) is 5.26 Å². The Bertz CT molecular complexity index is 439. The van der Waals surface area contributed by atoms with Gasteiger partial charge in [0.2, 0.25) is 0 Å². The van der Waals surface area contributed by atoms with Crippen molar-refractivity contribution in [2.75, 3.05) is 0 Å². The predicted molar refractivity (Wildman–Crippen MR) is 52.3 cm³/mol. The van der Waals surface area contributed by atoms with Crippen molar-refractivity contribution in [3.05, 3.63) is 41.5 Å². The molecule has 0 saturated heterocycles. The van der Waals surface area contributed by atoms with E-state index in [-0.39, 0.29) is 0 Å². The maximum absolute atomic E-state index is 8.60. The van der Waals surface area contributed by atoms with Gasteiger partial charge in [-0.05, 0) is 5.56 Å². The summed E-state index contributed by atoms with van der Waals surface area (Å²) < 4.78 is 0. The number of aromatic nitrogens is 1. The zero-order valence-corrected chi connectivity index (χ0v) is 7.58. The molecule has 0 aliphatic carbocycles. The Kier molecular flexibility index (Phi) is 2.07. The van der Waals surface area contributed by atoms with Crippen LogP contribution in [-0.2, 0) is 0 Å². The molecule has 0 spiro atoms. The van der Waals surface area contributed by atoms with E-state index < -0.39 is 0 Å². The summed E-state index contributed by atoms with van der Waals surface area (Å²) in [5.74, 6) is 0. The third-order valence-electron chi connectivity index (χ3n) is 1.66. The fourth-order valence-electron chi connectivity index (χ4n) is 1.06. The topological polar surface area (TPSA) is 36.7 Å². The number of hydrogen-bond donors (Lipinski definition) is 0. The lowest BCUT2D eigenvalue weighted by Gasteiger charge is -1.92. The Balaban J connectivity index is 2.43. The highest BCUT2D eigenvalue weighted by molar-refractivity contribution is 7.15. The molecule has 13 heavy (non-hydrogen) atoms. The molecule has 2 nitrogen and oxygen atoms in total. The van der Waals surface area contributed by atoms with Gasteiger partial charge in [0.05, 0.1) is 4.88 Å². The SMILES string of the molecule is N#Cc1ncc(-c2ccccc2)s1. The molecule has 0 radical (unpaired) electrons. The molecule has 0 atom stereocenters. The Labute approximate surface area is 80.1 Å². The summed E-state index contributed by atoms with van der Waals surface area (Å²) in [4.78, 5) is 5.01. The van der Waals surface area contributed by atoms with Crippen molar-refractivity contribution in [1.82, 2.24) is 4.98 Å². The van der Waals surface area contributed by atoms with Crippen molar-refractivity contribution in [2.45, 2.75) is 0 Å². The molecule has 3 heteroatoms. The van der Waals surface area contributed by atoms with Gasteiger partial charge in [0, 0.05) is 6.20 Å². The minimum absolute atomic E-state index is 0.513. The quantitative estimate of drug-likeness (QED) is 0.686. The molecular formula is C10H6N2S. The van der Waals surface area contributed by atoms with E-state index in [1.165, 1.54) is 11.3 Å². The molecule has 62 valence electrons. The van der Waals surface area contributed by atoms with Crippen molar-refractivity contribution in [3.63, 3.8) is 0 Å². The molecule has 0 aliphatic heterocycles. The van der Waals surface area contributed by atoms with Crippen LogP contribution < -0.4 is 0 Å². The first-order valence-electron chi connectivity index (χ1n) is 3.81. The summed E-state index contributed by atoms with van der Waals surface area (Å²) in [5.41, 5.74) is 1.11. The molecule has 0 unspecified atom stereocenters. The molecule has 1 aromatic carbocycles. The first kappa shape index (κ1) is 7.96. The molecule has 0 bridgehead atoms. The van der Waals surface area contributed by atoms with Gasteiger partial charge < -0.3 is 0 Å². The fourth-order valence-corrected chi connectivity index (χ4v) is 1.78. The van der Waals surface area contributed by atoms with Gasteiger partial charge >= 0.3 is 0 Å². The van der Waals surface area contributed by atoms with Crippen LogP contribution in [0, 0.1) is 11.3 Å². The van der Waals surface area contributed by atoms with Crippen molar-refractivity contribution in [3.8, 4) is 16.5 Å². The van der Waals surface area contributed by atoms with Crippen molar-refractivity contribution >= 4 is 11.3 Å². The standard InChI is InChI=1S/C10H6N2S/c11-6-10-12-7-9(13-10)8-4-2-1-3-5-8/h1-5,7H. The van der Waals surface area contributed by atoms with Crippen LogP contribution >= 0.6 is 11.3 Å². The van der Waals surface area contributed by atoms with Gasteiger partial charge in [-0.2, -0.15) is 5.26 Å². The van der Waals surface area contributed by atoms with Crippen LogP contribution in [-0.4, -0.2) is 4.98 Å². The van der Waals surface area contributed by atoms with Crippen LogP contribution in [0.2, 0.25) is 0 Å². The van der Waals surface area contributed by atoms with Crippen LogP contribution in [0.1, 0.15) is 5.01 Å². The second-order valence-electron chi connectivity index (χ2n) is 2.51. The highest BCUT2D eigenvalue weighted by atomic mass is 32.1. The average molecular weight is 186 g/mol. The van der Waals surface area contributed by atoms with Gasteiger partial charge in [-0.25, -0.2) is 4.98 Å². The first-order chi connectivity index (χ1) is 6.40. The molecule has 2 aromatic rings. The maximum Gasteiger partial charge on any atom is 0.194 e. The van der Waals surface area contributed by atoms with E-state index >= 15 is 0 Å². The molecule has 1 heterocycles. The van der Waals surface area contributed by atoms with Crippen molar-refractivity contribution < 1.29 is 0 Å². The Hall–Kier alpha value is -1.66. The van der Waals surface area contributed by atoms with Gasteiger partial charge in [-0.1, -0.05) is 30.3 Å². The minimum Gasteiger partial charge on any atom is -0.234 e. The highest BCUT2D eigenvalue weighted by Gasteiger charge is 2.01. The van der Waals surface area contributed by atoms with Gasteiger partial charge in [0.25, 0.3) is 0 Å². The van der Waals surface area contributed by atoms with E-state index in [1.54, 1.807) is 6.20 Å². The lowest BCUT2D eigenvalue weighted by Crippen LogP contribution is -1.67. The first-order valence-corrected chi connectivity index (χ1v) is 4.63. The summed E-state index contributed by atoms with van der Waals surface area (Å²) in [6, 6.07) is 12.0. The van der Waals surface area contributed by atoms with E-state index in [0.29, 0.717) is 5.01 Å². The smallest absolute Gasteiger partial charge is 0.194 e. The molecule has 0 aliphatic rings. The van der Waals surface area contributed by atoms with Crippen LogP contribution in [0.3, 0.4) is 0 Å². The predicted octanol–water partition coefficient (Wildman–Crippen LogP) is 2.68. The Morgan fingerprint density at radius 2 is 2.00 bits per heavy atom.